The zero-order valence-corrected chi connectivity index (χ0v) is 15.4. The van der Waals surface area contributed by atoms with Crippen molar-refractivity contribution in [3.05, 3.63) is 93.5 Å². The molecule has 0 aliphatic rings. The number of ether oxygens (including phenoxy) is 1. The van der Waals surface area contributed by atoms with Gasteiger partial charge in [0.25, 0.3) is 5.09 Å². The van der Waals surface area contributed by atoms with Crippen LogP contribution in [-0.2, 0) is 23.4 Å². The Bertz CT molecular complexity index is 900. The average Bonchev–Trinajstić information content (AvgIpc) is 3.16. The molecule has 0 saturated heterocycles. The highest BCUT2D eigenvalue weighted by atomic mass is 35.5. The van der Waals surface area contributed by atoms with Crippen LogP contribution < -0.4 is 4.74 Å². The van der Waals surface area contributed by atoms with Crippen LogP contribution in [0.1, 0.15) is 11.1 Å². The van der Waals surface area contributed by atoms with E-state index in [1.807, 2.05) is 18.2 Å². The molecule has 8 heteroatoms. The Morgan fingerprint density at radius 2 is 1.96 bits per heavy atom. The summed E-state index contributed by atoms with van der Waals surface area (Å²) in [7, 11) is 1.56. The second-order valence-electron chi connectivity index (χ2n) is 6.04. The van der Waals surface area contributed by atoms with Gasteiger partial charge in [-0.1, -0.05) is 41.9 Å². The molecule has 27 heavy (non-hydrogen) atoms. The maximum Gasteiger partial charge on any atom is 0.295 e. The summed E-state index contributed by atoms with van der Waals surface area (Å²) >= 11 is 6.32. The minimum atomic E-state index is -1.29. The number of imidazole rings is 1. The fraction of sp³-hybridized carbons (Fsp3) is 0.211. The van der Waals surface area contributed by atoms with Gasteiger partial charge in [-0.2, -0.15) is 0 Å². The fourth-order valence-corrected chi connectivity index (χ4v) is 3.23. The standard InChI is InChI=1S/C19H18ClN3O4/c1-26-17-8-6-16(7-9-17)19(27-23(24)25,13-22-11-10-21-14-22)12-15-4-2-3-5-18(15)20/h2-11,14H,12-13H2,1H3. The summed E-state index contributed by atoms with van der Waals surface area (Å²) in [5, 5.41) is 11.2. The Hall–Kier alpha value is -3.06. The molecule has 0 spiro atoms. The second kappa shape index (κ2) is 8.09. The summed E-state index contributed by atoms with van der Waals surface area (Å²) in [4.78, 5) is 20.7. The highest BCUT2D eigenvalue weighted by molar-refractivity contribution is 6.31. The number of hydrogen-bond acceptors (Lipinski definition) is 5. The highest BCUT2D eigenvalue weighted by Gasteiger charge is 2.38. The van der Waals surface area contributed by atoms with Gasteiger partial charge in [0.2, 0.25) is 0 Å². The summed E-state index contributed by atoms with van der Waals surface area (Å²) in [6, 6.07) is 14.2. The number of hydrogen-bond donors (Lipinski definition) is 0. The molecule has 3 aromatic rings. The van der Waals surface area contributed by atoms with Crippen molar-refractivity contribution in [2.75, 3.05) is 7.11 Å². The highest BCUT2D eigenvalue weighted by Crippen LogP contribution is 2.35. The molecule has 0 aliphatic heterocycles. The van der Waals surface area contributed by atoms with Gasteiger partial charge < -0.3 is 14.1 Å². The molecule has 7 nitrogen and oxygen atoms in total. The first-order valence-corrected chi connectivity index (χ1v) is 8.57. The molecule has 140 valence electrons. The van der Waals surface area contributed by atoms with Crippen LogP contribution in [0.25, 0.3) is 0 Å². The molecule has 1 heterocycles. The van der Waals surface area contributed by atoms with Crippen LogP contribution in [0, 0.1) is 10.1 Å². The third kappa shape index (κ3) is 4.38. The monoisotopic (exact) mass is 387 g/mol. The van der Waals surface area contributed by atoms with Crippen LogP contribution >= 0.6 is 11.6 Å². The zero-order chi connectivity index (χ0) is 19.3. The second-order valence-corrected chi connectivity index (χ2v) is 6.45. The lowest BCUT2D eigenvalue weighted by molar-refractivity contribution is -0.785. The normalized spacial score (nSPS) is 13.0. The number of nitrogens with zero attached hydrogens (tertiary/aromatic N) is 3. The third-order valence-electron chi connectivity index (χ3n) is 4.30. The third-order valence-corrected chi connectivity index (χ3v) is 4.67. The van der Waals surface area contributed by atoms with Gasteiger partial charge in [-0.3, -0.25) is 0 Å². The smallest absolute Gasteiger partial charge is 0.295 e. The van der Waals surface area contributed by atoms with Gasteiger partial charge in [-0.05, 0) is 29.3 Å². The van der Waals surface area contributed by atoms with Crippen molar-refractivity contribution >= 4 is 11.6 Å². The molecule has 1 aromatic heterocycles. The van der Waals surface area contributed by atoms with Crippen LogP contribution in [-0.4, -0.2) is 21.7 Å². The summed E-state index contributed by atoms with van der Waals surface area (Å²) in [6.45, 7) is 0.186. The molecular formula is C19H18ClN3O4. The van der Waals surface area contributed by atoms with E-state index >= 15 is 0 Å². The first-order valence-electron chi connectivity index (χ1n) is 8.19. The Morgan fingerprint density at radius 3 is 2.56 bits per heavy atom. The van der Waals surface area contributed by atoms with E-state index in [4.69, 9.17) is 21.2 Å². The van der Waals surface area contributed by atoms with Gasteiger partial charge in [-0.25, -0.2) is 4.98 Å². The molecular weight excluding hydrogens is 370 g/mol. The van der Waals surface area contributed by atoms with E-state index in [0.29, 0.717) is 16.3 Å². The van der Waals surface area contributed by atoms with E-state index in [1.54, 1.807) is 60.7 Å². The van der Waals surface area contributed by atoms with E-state index in [-0.39, 0.29) is 13.0 Å². The van der Waals surface area contributed by atoms with Gasteiger partial charge in [0.15, 0.2) is 5.60 Å². The van der Waals surface area contributed by atoms with Crippen molar-refractivity contribution in [2.24, 2.45) is 0 Å². The minimum Gasteiger partial charge on any atom is -0.497 e. The summed E-state index contributed by atoms with van der Waals surface area (Å²) < 4.78 is 6.94. The summed E-state index contributed by atoms with van der Waals surface area (Å²) in [5.74, 6) is 0.647. The van der Waals surface area contributed by atoms with Crippen LogP contribution in [0.3, 0.4) is 0 Å². The molecule has 3 rings (SSSR count). The number of halogens is 1. The van der Waals surface area contributed by atoms with Crippen LogP contribution in [0.15, 0.2) is 67.3 Å². The fourth-order valence-electron chi connectivity index (χ4n) is 3.03. The maximum atomic E-state index is 11.4. The van der Waals surface area contributed by atoms with Crippen LogP contribution in [0.4, 0.5) is 0 Å². The molecule has 1 unspecified atom stereocenters. The van der Waals surface area contributed by atoms with Gasteiger partial charge >= 0.3 is 0 Å². The molecule has 0 amide bonds. The lowest BCUT2D eigenvalue weighted by Crippen LogP contribution is -2.39. The van der Waals surface area contributed by atoms with Gasteiger partial charge in [0.1, 0.15) is 5.75 Å². The molecule has 1 atom stereocenters. The lowest BCUT2D eigenvalue weighted by atomic mass is 9.86. The molecule has 0 aliphatic carbocycles. The van der Waals surface area contributed by atoms with Gasteiger partial charge in [0, 0.05) is 23.8 Å². The predicted octanol–water partition coefficient (Wildman–Crippen LogP) is 3.89. The summed E-state index contributed by atoms with van der Waals surface area (Å²) in [6.07, 6.45) is 5.14. The Labute approximate surface area is 161 Å². The van der Waals surface area contributed by atoms with Crippen LogP contribution in [0.2, 0.25) is 5.02 Å². The number of methoxy groups -OCH3 is 1. The SMILES string of the molecule is COc1ccc(C(Cc2ccccc2Cl)(Cn2ccnc2)O[N+](=O)[O-])cc1. The topological polar surface area (TPSA) is 79.4 Å². The zero-order valence-electron chi connectivity index (χ0n) is 14.6. The molecule has 0 saturated carbocycles. The quantitative estimate of drug-likeness (QED) is 0.432. The van der Waals surface area contributed by atoms with Crippen molar-refractivity contribution in [2.45, 2.75) is 18.6 Å². The van der Waals surface area contributed by atoms with Crippen molar-refractivity contribution in [1.29, 1.82) is 0 Å². The van der Waals surface area contributed by atoms with Crippen molar-refractivity contribution in [3.63, 3.8) is 0 Å². The van der Waals surface area contributed by atoms with E-state index in [1.165, 1.54) is 0 Å². The molecule has 2 aromatic carbocycles. The van der Waals surface area contributed by atoms with Crippen molar-refractivity contribution < 1.29 is 14.7 Å². The maximum absolute atomic E-state index is 11.4. The van der Waals surface area contributed by atoms with Crippen molar-refractivity contribution in [3.8, 4) is 5.75 Å². The van der Waals surface area contributed by atoms with E-state index in [9.17, 15) is 10.1 Å². The molecule has 0 fully saturated rings. The molecule has 0 radical (unpaired) electrons. The van der Waals surface area contributed by atoms with E-state index in [0.717, 1.165) is 5.56 Å². The lowest BCUT2D eigenvalue weighted by Gasteiger charge is -2.33. The van der Waals surface area contributed by atoms with E-state index < -0.39 is 10.7 Å². The number of aromatic nitrogens is 2. The predicted molar refractivity (Wildman–Crippen MR) is 100 cm³/mol. The average molecular weight is 388 g/mol. The first-order chi connectivity index (χ1) is 13.0. The molecule has 0 N–H and O–H groups in total. The minimum absolute atomic E-state index is 0.186. The van der Waals surface area contributed by atoms with E-state index in [2.05, 4.69) is 4.98 Å². The first kappa shape index (κ1) is 18.7. The Morgan fingerprint density at radius 1 is 1.22 bits per heavy atom. The number of rotatable bonds is 8. The Balaban J connectivity index is 2.10. The Kier molecular flexibility index (Phi) is 5.61. The molecule has 0 bridgehead atoms. The summed E-state index contributed by atoms with van der Waals surface area (Å²) in [5.41, 5.74) is 0.0899. The van der Waals surface area contributed by atoms with Crippen LogP contribution in [0.5, 0.6) is 5.75 Å². The largest absolute Gasteiger partial charge is 0.497 e. The van der Waals surface area contributed by atoms with Crippen molar-refractivity contribution in [1.82, 2.24) is 9.55 Å². The van der Waals surface area contributed by atoms with Gasteiger partial charge in [0.05, 0.1) is 20.0 Å². The number of benzene rings is 2. The van der Waals surface area contributed by atoms with Gasteiger partial charge in [-0.15, -0.1) is 10.1 Å².